The molecule has 0 aromatic heterocycles. The number of nitrogens with one attached hydrogen (secondary N) is 1. The Morgan fingerprint density at radius 1 is 0.963 bits per heavy atom. The Morgan fingerprint density at radius 2 is 1.70 bits per heavy atom. The van der Waals surface area contributed by atoms with Crippen LogP contribution in [0.5, 0.6) is 11.5 Å². The third-order valence-corrected chi connectivity index (χ3v) is 4.76. The van der Waals surface area contributed by atoms with Crippen molar-refractivity contribution in [2.24, 2.45) is 0 Å². The average Bonchev–Trinajstić information content (AvgIpc) is 2.71. The first-order chi connectivity index (χ1) is 13.1. The van der Waals surface area contributed by atoms with E-state index in [4.69, 9.17) is 9.47 Å². The van der Waals surface area contributed by atoms with Crippen molar-refractivity contribution in [1.82, 2.24) is 5.32 Å². The smallest absolute Gasteiger partial charge is 0.220 e. The molecule has 0 aliphatic heterocycles. The Labute approximate surface area is 160 Å². The molecule has 1 atom stereocenters. The average molecular weight is 363 g/mol. The van der Waals surface area contributed by atoms with Crippen LogP contribution < -0.4 is 14.8 Å². The van der Waals surface area contributed by atoms with E-state index in [-0.39, 0.29) is 11.9 Å². The zero-order valence-corrected chi connectivity index (χ0v) is 16.0. The largest absolute Gasteiger partial charge is 0.493 e. The Morgan fingerprint density at radius 3 is 2.48 bits per heavy atom. The quantitative estimate of drug-likeness (QED) is 0.664. The van der Waals surface area contributed by atoms with E-state index in [0.29, 0.717) is 24.3 Å². The molecule has 140 valence electrons. The number of hydrogen-bond acceptors (Lipinski definition) is 3. The maximum absolute atomic E-state index is 12.4. The Bertz CT molecular complexity index is 931. The summed E-state index contributed by atoms with van der Waals surface area (Å²) in [6.07, 6.45) is 1.07. The van der Waals surface area contributed by atoms with Gasteiger partial charge in [-0.3, -0.25) is 4.79 Å². The van der Waals surface area contributed by atoms with Gasteiger partial charge in [0.05, 0.1) is 20.3 Å². The SMILES string of the molecule is COc1ccc(CCC(=O)N[C@@H](C)c2cccc3ccccc23)cc1OC. The predicted molar refractivity (Wildman–Crippen MR) is 108 cm³/mol. The highest BCUT2D eigenvalue weighted by atomic mass is 16.5. The maximum Gasteiger partial charge on any atom is 0.220 e. The summed E-state index contributed by atoms with van der Waals surface area (Å²) in [7, 11) is 3.22. The molecular weight excluding hydrogens is 338 g/mol. The second-order valence-electron chi connectivity index (χ2n) is 6.55. The van der Waals surface area contributed by atoms with Crippen LogP contribution in [0, 0.1) is 0 Å². The summed E-state index contributed by atoms with van der Waals surface area (Å²) < 4.78 is 10.6. The molecule has 0 heterocycles. The summed E-state index contributed by atoms with van der Waals surface area (Å²) in [6, 6.07) is 20.1. The first-order valence-corrected chi connectivity index (χ1v) is 9.10. The molecule has 0 saturated carbocycles. The van der Waals surface area contributed by atoms with E-state index in [9.17, 15) is 4.79 Å². The second kappa shape index (κ2) is 8.58. The number of hydrogen-bond donors (Lipinski definition) is 1. The molecule has 0 unspecified atom stereocenters. The lowest BCUT2D eigenvalue weighted by Crippen LogP contribution is -2.27. The van der Waals surface area contributed by atoms with Crippen molar-refractivity contribution in [2.75, 3.05) is 14.2 Å². The lowest BCUT2D eigenvalue weighted by atomic mass is 9.99. The number of aryl methyl sites for hydroxylation is 1. The van der Waals surface area contributed by atoms with E-state index in [1.165, 1.54) is 10.8 Å². The van der Waals surface area contributed by atoms with Crippen LogP contribution in [0.25, 0.3) is 10.8 Å². The van der Waals surface area contributed by atoms with Crippen molar-refractivity contribution in [3.8, 4) is 11.5 Å². The summed E-state index contributed by atoms with van der Waals surface area (Å²) in [5.74, 6) is 1.40. The molecule has 3 aromatic carbocycles. The molecule has 1 N–H and O–H groups in total. The number of rotatable bonds is 7. The molecule has 3 aromatic rings. The number of amides is 1. The first kappa shape index (κ1) is 18.8. The van der Waals surface area contributed by atoms with Gasteiger partial charge in [0.1, 0.15) is 0 Å². The zero-order chi connectivity index (χ0) is 19.2. The molecule has 0 fully saturated rings. The Balaban J connectivity index is 1.64. The second-order valence-corrected chi connectivity index (χ2v) is 6.55. The first-order valence-electron chi connectivity index (χ1n) is 9.10. The zero-order valence-electron chi connectivity index (χ0n) is 16.0. The minimum absolute atomic E-state index is 0.0326. The van der Waals surface area contributed by atoms with Gasteiger partial charge in [-0.2, -0.15) is 0 Å². The summed E-state index contributed by atoms with van der Waals surface area (Å²) in [6.45, 7) is 2.02. The van der Waals surface area contributed by atoms with Gasteiger partial charge in [0, 0.05) is 6.42 Å². The van der Waals surface area contributed by atoms with E-state index < -0.39 is 0 Å². The topological polar surface area (TPSA) is 47.6 Å². The molecule has 0 saturated heterocycles. The van der Waals surface area contributed by atoms with Crippen LogP contribution in [0.15, 0.2) is 60.7 Å². The van der Waals surface area contributed by atoms with Gasteiger partial charge >= 0.3 is 0 Å². The highest BCUT2D eigenvalue weighted by molar-refractivity contribution is 5.86. The predicted octanol–water partition coefficient (Wildman–Crippen LogP) is 4.67. The highest BCUT2D eigenvalue weighted by Crippen LogP contribution is 2.28. The minimum atomic E-state index is -0.0472. The van der Waals surface area contributed by atoms with Gasteiger partial charge in [0.2, 0.25) is 5.91 Å². The van der Waals surface area contributed by atoms with Gasteiger partial charge in [-0.25, -0.2) is 0 Å². The van der Waals surface area contributed by atoms with Crippen LogP contribution in [-0.2, 0) is 11.2 Å². The number of carbonyl (C=O) groups excluding carboxylic acids is 1. The van der Waals surface area contributed by atoms with Crippen molar-refractivity contribution < 1.29 is 14.3 Å². The van der Waals surface area contributed by atoms with Crippen molar-refractivity contribution in [3.63, 3.8) is 0 Å². The lowest BCUT2D eigenvalue weighted by molar-refractivity contribution is -0.121. The molecule has 4 heteroatoms. The molecule has 0 radical (unpaired) electrons. The fraction of sp³-hybridized carbons (Fsp3) is 0.261. The fourth-order valence-electron chi connectivity index (χ4n) is 3.31. The summed E-state index contributed by atoms with van der Waals surface area (Å²) >= 11 is 0. The van der Waals surface area contributed by atoms with Crippen molar-refractivity contribution in [1.29, 1.82) is 0 Å². The number of methoxy groups -OCH3 is 2. The van der Waals surface area contributed by atoms with Gasteiger partial charge in [-0.15, -0.1) is 0 Å². The van der Waals surface area contributed by atoms with Crippen molar-refractivity contribution >= 4 is 16.7 Å². The van der Waals surface area contributed by atoms with Gasteiger partial charge < -0.3 is 14.8 Å². The van der Waals surface area contributed by atoms with E-state index in [1.54, 1.807) is 14.2 Å². The van der Waals surface area contributed by atoms with Gasteiger partial charge in [0.25, 0.3) is 0 Å². The monoisotopic (exact) mass is 363 g/mol. The summed E-state index contributed by atoms with van der Waals surface area (Å²) in [5, 5.41) is 5.47. The minimum Gasteiger partial charge on any atom is -0.493 e. The highest BCUT2D eigenvalue weighted by Gasteiger charge is 2.13. The van der Waals surface area contributed by atoms with Crippen molar-refractivity contribution in [2.45, 2.75) is 25.8 Å². The van der Waals surface area contributed by atoms with Gasteiger partial charge in [0.15, 0.2) is 11.5 Å². The van der Waals surface area contributed by atoms with Crippen LogP contribution in [0.1, 0.15) is 30.5 Å². The van der Waals surface area contributed by atoms with E-state index in [2.05, 4.69) is 29.6 Å². The fourth-order valence-corrected chi connectivity index (χ4v) is 3.31. The standard InChI is InChI=1S/C23H25NO3/c1-16(19-10-6-8-18-7-4-5-9-20(18)19)24-23(25)14-12-17-11-13-21(26-2)22(15-17)27-3/h4-11,13,15-16H,12,14H2,1-3H3,(H,24,25)/t16-/m0/s1. The molecule has 1 amide bonds. The van der Waals surface area contributed by atoms with Gasteiger partial charge in [-0.05, 0) is 47.4 Å². The maximum atomic E-state index is 12.4. The van der Waals surface area contributed by atoms with Crippen LogP contribution in [0.2, 0.25) is 0 Å². The molecular formula is C23H25NO3. The van der Waals surface area contributed by atoms with Crippen LogP contribution in [0.4, 0.5) is 0 Å². The molecule has 0 aliphatic rings. The third-order valence-electron chi connectivity index (χ3n) is 4.76. The van der Waals surface area contributed by atoms with Gasteiger partial charge in [-0.1, -0.05) is 48.5 Å². The Kier molecular flexibility index (Phi) is 5.97. The Hall–Kier alpha value is -3.01. The number of benzene rings is 3. The normalized spacial score (nSPS) is 11.8. The molecule has 0 spiro atoms. The molecule has 3 rings (SSSR count). The number of ether oxygens (including phenoxy) is 2. The van der Waals surface area contributed by atoms with E-state index in [1.807, 2.05) is 43.3 Å². The van der Waals surface area contributed by atoms with E-state index in [0.717, 1.165) is 11.1 Å². The molecule has 0 bridgehead atoms. The van der Waals surface area contributed by atoms with Crippen LogP contribution in [-0.4, -0.2) is 20.1 Å². The van der Waals surface area contributed by atoms with E-state index >= 15 is 0 Å². The molecule has 0 aliphatic carbocycles. The van der Waals surface area contributed by atoms with Crippen LogP contribution in [0.3, 0.4) is 0 Å². The molecule has 27 heavy (non-hydrogen) atoms. The summed E-state index contributed by atoms with van der Waals surface area (Å²) in [5.41, 5.74) is 2.17. The van der Waals surface area contributed by atoms with Crippen LogP contribution >= 0.6 is 0 Å². The number of fused-ring (bicyclic) bond motifs is 1. The third kappa shape index (κ3) is 4.40. The molecule has 4 nitrogen and oxygen atoms in total. The number of carbonyl (C=O) groups is 1. The summed E-state index contributed by atoms with van der Waals surface area (Å²) in [4.78, 5) is 12.4. The lowest BCUT2D eigenvalue weighted by Gasteiger charge is -2.17. The van der Waals surface area contributed by atoms with Crippen molar-refractivity contribution in [3.05, 3.63) is 71.8 Å².